The van der Waals surface area contributed by atoms with Gasteiger partial charge in [0.25, 0.3) is 5.91 Å². The third-order valence-electron chi connectivity index (χ3n) is 8.16. The van der Waals surface area contributed by atoms with Gasteiger partial charge in [-0.2, -0.15) is 0 Å². The normalized spacial score (nSPS) is 15.0. The number of rotatable bonds is 9. The highest BCUT2D eigenvalue weighted by molar-refractivity contribution is 6.22. The number of carbonyl (C=O) groups is 1. The minimum Gasteiger partial charge on any atom is -0.494 e. The van der Waals surface area contributed by atoms with Gasteiger partial charge in [0.15, 0.2) is 5.88 Å². The molecule has 0 radical (unpaired) electrons. The second-order valence-electron chi connectivity index (χ2n) is 11.2. The van der Waals surface area contributed by atoms with Crippen molar-refractivity contribution in [3.05, 3.63) is 125 Å². The van der Waals surface area contributed by atoms with Gasteiger partial charge in [0.2, 0.25) is 0 Å². The van der Waals surface area contributed by atoms with E-state index in [0.29, 0.717) is 27.7 Å². The molecule has 1 aliphatic heterocycles. The number of amides is 1. The number of aromatic nitrogens is 2. The Labute approximate surface area is 252 Å². The second kappa shape index (κ2) is 13.0. The summed E-state index contributed by atoms with van der Waals surface area (Å²) in [4.78, 5) is 28.4. The number of aromatic amines is 1. The number of aliphatic imine (C=N–C) groups is 1. The van der Waals surface area contributed by atoms with Crippen molar-refractivity contribution in [2.24, 2.45) is 4.99 Å². The summed E-state index contributed by atoms with van der Waals surface area (Å²) in [6.45, 7) is 5.30. The number of fused-ring (bicyclic) bond motifs is 1. The van der Waals surface area contributed by atoms with Crippen molar-refractivity contribution in [2.45, 2.75) is 45.2 Å². The van der Waals surface area contributed by atoms with Crippen LogP contribution >= 0.6 is 0 Å². The summed E-state index contributed by atoms with van der Waals surface area (Å²) >= 11 is 0. The fraction of sp³-hybridized carbons (Fsp3) is 0.250. The van der Waals surface area contributed by atoms with Gasteiger partial charge in [0, 0.05) is 41.0 Å². The summed E-state index contributed by atoms with van der Waals surface area (Å²) in [5.41, 5.74) is 6.20. The monoisotopic (exact) mass is 571 g/mol. The topological polar surface area (TPSA) is 93.6 Å². The number of benzene rings is 3. The van der Waals surface area contributed by atoms with Gasteiger partial charge in [-0.3, -0.25) is 14.7 Å². The zero-order valence-electron chi connectivity index (χ0n) is 24.5. The summed E-state index contributed by atoms with van der Waals surface area (Å²) in [6, 6.07) is 27.4. The molecule has 2 aromatic heterocycles. The average Bonchev–Trinajstić information content (AvgIpc) is 3.39. The lowest BCUT2D eigenvalue weighted by molar-refractivity contribution is 0.0935. The first-order valence-electron chi connectivity index (χ1n) is 15.1. The third-order valence-corrected chi connectivity index (χ3v) is 8.16. The van der Waals surface area contributed by atoms with Crippen LogP contribution in [0.1, 0.15) is 71.3 Å². The van der Waals surface area contributed by atoms with Gasteiger partial charge in [0.1, 0.15) is 0 Å². The molecule has 3 heterocycles. The molecule has 0 spiro atoms. The molecule has 43 heavy (non-hydrogen) atoms. The molecule has 1 aliphatic rings. The molecular formula is C36H37N5O2. The Morgan fingerprint density at radius 2 is 1.77 bits per heavy atom. The van der Waals surface area contributed by atoms with Crippen LogP contribution in [0.25, 0.3) is 10.9 Å². The number of carbonyl (C=O) groups excluding carboxylic acids is 1. The van der Waals surface area contributed by atoms with E-state index in [1.165, 1.54) is 24.8 Å². The maximum atomic E-state index is 13.4. The molecule has 3 N–H and O–H groups in total. The zero-order valence-corrected chi connectivity index (χ0v) is 24.5. The van der Waals surface area contributed by atoms with Crippen LogP contribution in [0.4, 0.5) is 5.69 Å². The molecule has 1 unspecified atom stereocenters. The van der Waals surface area contributed by atoms with Gasteiger partial charge in [-0.05, 0) is 85.9 Å². The van der Waals surface area contributed by atoms with E-state index in [0.717, 1.165) is 42.9 Å². The number of aromatic hydroxyl groups is 1. The highest BCUT2D eigenvalue weighted by Crippen LogP contribution is 2.32. The Kier molecular flexibility index (Phi) is 8.61. The molecule has 7 nitrogen and oxygen atoms in total. The predicted octanol–water partition coefficient (Wildman–Crippen LogP) is 7.30. The SMILES string of the molecule is CCC(NC(=O)c1ccc2[nH]c(O)c(C(=Nc3ccc(CN4CCCCC4)cc3)c3cccnc3)c2c1)c1ccccc1. The Balaban J connectivity index is 1.34. The lowest BCUT2D eigenvalue weighted by atomic mass is 10.00. The maximum absolute atomic E-state index is 13.4. The Morgan fingerprint density at radius 1 is 0.977 bits per heavy atom. The van der Waals surface area contributed by atoms with Crippen molar-refractivity contribution in [1.29, 1.82) is 0 Å². The van der Waals surface area contributed by atoms with E-state index < -0.39 is 0 Å². The lowest BCUT2D eigenvalue weighted by Gasteiger charge is -2.26. The van der Waals surface area contributed by atoms with Gasteiger partial charge < -0.3 is 15.4 Å². The first-order valence-corrected chi connectivity index (χ1v) is 15.1. The maximum Gasteiger partial charge on any atom is 0.251 e. The molecule has 0 saturated carbocycles. The molecule has 6 rings (SSSR count). The van der Waals surface area contributed by atoms with Crippen molar-refractivity contribution in [3.8, 4) is 5.88 Å². The number of nitrogens with zero attached hydrogens (tertiary/aromatic N) is 3. The molecule has 1 amide bonds. The fourth-order valence-electron chi connectivity index (χ4n) is 5.86. The molecule has 1 saturated heterocycles. The van der Waals surface area contributed by atoms with Crippen LogP contribution in [0.2, 0.25) is 0 Å². The molecule has 7 heteroatoms. The van der Waals surface area contributed by atoms with Gasteiger partial charge in [-0.25, -0.2) is 4.99 Å². The molecule has 0 aliphatic carbocycles. The van der Waals surface area contributed by atoms with E-state index in [4.69, 9.17) is 4.99 Å². The number of H-pyrrole nitrogens is 1. The molecular weight excluding hydrogens is 534 g/mol. The van der Waals surface area contributed by atoms with Crippen LogP contribution in [-0.4, -0.2) is 44.7 Å². The van der Waals surface area contributed by atoms with Crippen LogP contribution in [0.3, 0.4) is 0 Å². The molecule has 3 aromatic carbocycles. The Hall–Kier alpha value is -4.75. The van der Waals surface area contributed by atoms with Gasteiger partial charge in [0.05, 0.1) is 23.0 Å². The highest BCUT2D eigenvalue weighted by Gasteiger charge is 2.21. The molecule has 218 valence electrons. The van der Waals surface area contributed by atoms with E-state index in [2.05, 4.69) is 39.2 Å². The largest absolute Gasteiger partial charge is 0.494 e. The van der Waals surface area contributed by atoms with E-state index in [1.54, 1.807) is 18.5 Å². The molecule has 1 fully saturated rings. The number of hydrogen-bond donors (Lipinski definition) is 3. The van der Waals surface area contributed by atoms with Crippen molar-refractivity contribution in [3.63, 3.8) is 0 Å². The number of likely N-dealkylation sites (tertiary alicyclic amines) is 1. The minimum atomic E-state index is -0.173. The molecule has 5 aromatic rings. The van der Waals surface area contributed by atoms with Gasteiger partial charge >= 0.3 is 0 Å². The van der Waals surface area contributed by atoms with Crippen LogP contribution < -0.4 is 5.32 Å². The Morgan fingerprint density at radius 3 is 2.49 bits per heavy atom. The van der Waals surface area contributed by atoms with Crippen molar-refractivity contribution < 1.29 is 9.90 Å². The summed E-state index contributed by atoms with van der Waals surface area (Å²) in [6.07, 6.45) is 8.07. The quantitative estimate of drug-likeness (QED) is 0.162. The van der Waals surface area contributed by atoms with Crippen molar-refractivity contribution in [1.82, 2.24) is 20.2 Å². The van der Waals surface area contributed by atoms with Crippen molar-refractivity contribution in [2.75, 3.05) is 13.1 Å². The number of nitrogens with one attached hydrogen (secondary N) is 2. The minimum absolute atomic E-state index is 0.00685. The fourth-order valence-corrected chi connectivity index (χ4v) is 5.86. The summed E-state index contributed by atoms with van der Waals surface area (Å²) in [5, 5.41) is 15.0. The molecule has 0 bridgehead atoms. The van der Waals surface area contributed by atoms with Crippen LogP contribution in [0, 0.1) is 0 Å². The van der Waals surface area contributed by atoms with Crippen molar-refractivity contribution >= 4 is 28.2 Å². The smallest absolute Gasteiger partial charge is 0.251 e. The van der Waals surface area contributed by atoms with E-state index >= 15 is 0 Å². The number of pyridine rings is 1. The van der Waals surface area contributed by atoms with Gasteiger partial charge in [-0.1, -0.05) is 55.8 Å². The Bertz CT molecular complexity index is 1710. The highest BCUT2D eigenvalue weighted by atomic mass is 16.3. The number of hydrogen-bond acceptors (Lipinski definition) is 5. The van der Waals surface area contributed by atoms with E-state index in [1.807, 2.05) is 66.7 Å². The van der Waals surface area contributed by atoms with Crippen LogP contribution in [0.15, 0.2) is 102 Å². The van der Waals surface area contributed by atoms with Gasteiger partial charge in [-0.15, -0.1) is 0 Å². The first-order chi connectivity index (χ1) is 21.1. The standard InChI is InChI=1S/C36H37N5O2/c1-2-31(26-10-5-3-6-11-26)39-35(42)27-15-18-32-30(22-27)33(36(43)40-32)34(28-12-9-19-37-23-28)38-29-16-13-25(14-17-29)24-41-20-7-4-8-21-41/h3,5-6,9-19,22-23,31,40,43H,2,4,7-8,20-21,24H2,1H3,(H,39,42). The van der Waals surface area contributed by atoms with Crippen LogP contribution in [0.5, 0.6) is 5.88 Å². The van der Waals surface area contributed by atoms with Crippen LogP contribution in [-0.2, 0) is 6.54 Å². The molecule has 1 atom stereocenters. The van der Waals surface area contributed by atoms with E-state index in [9.17, 15) is 9.90 Å². The summed E-state index contributed by atoms with van der Waals surface area (Å²) in [7, 11) is 0. The summed E-state index contributed by atoms with van der Waals surface area (Å²) < 4.78 is 0. The number of piperidine rings is 1. The zero-order chi connectivity index (χ0) is 29.6. The van der Waals surface area contributed by atoms with E-state index in [-0.39, 0.29) is 17.8 Å². The second-order valence-corrected chi connectivity index (χ2v) is 11.2. The lowest BCUT2D eigenvalue weighted by Crippen LogP contribution is -2.28. The summed E-state index contributed by atoms with van der Waals surface area (Å²) in [5.74, 6) is -0.180. The first kappa shape index (κ1) is 28.4. The predicted molar refractivity (Wildman–Crippen MR) is 172 cm³/mol. The average molecular weight is 572 g/mol. The third kappa shape index (κ3) is 6.52.